The Hall–Kier alpha value is -1.36. The Bertz CT molecular complexity index is 777. The van der Waals surface area contributed by atoms with Crippen LogP contribution in [0.3, 0.4) is 0 Å². The molecule has 1 fully saturated rings. The Morgan fingerprint density at radius 2 is 1.85 bits per heavy atom. The average Bonchev–Trinajstić information content (AvgIpc) is 2.99. The fourth-order valence-electron chi connectivity index (χ4n) is 3.76. The number of thiophene rings is 1. The highest BCUT2D eigenvalue weighted by Crippen LogP contribution is 2.34. The van der Waals surface area contributed by atoms with Gasteiger partial charge in [0.15, 0.2) is 0 Å². The van der Waals surface area contributed by atoms with Crippen LogP contribution in [0.25, 0.3) is 10.2 Å². The Morgan fingerprint density at radius 3 is 2.65 bits per heavy atom. The highest BCUT2D eigenvalue weighted by atomic mass is 32.1. The molecular formula is C15H18N2O2S. The van der Waals surface area contributed by atoms with Crippen LogP contribution in [-0.2, 0) is 12.8 Å². The number of aromatic amines is 1. The number of H-pyrrole nitrogens is 1. The maximum absolute atomic E-state index is 12.8. The molecule has 1 N–H and O–H groups in total. The summed E-state index contributed by atoms with van der Waals surface area (Å²) < 4.78 is 1.51. The van der Waals surface area contributed by atoms with Gasteiger partial charge < -0.3 is 0 Å². The van der Waals surface area contributed by atoms with Crippen molar-refractivity contribution < 1.29 is 0 Å². The number of aryl methyl sites for hydroxylation is 2. The Morgan fingerprint density at radius 1 is 1.05 bits per heavy atom. The molecule has 2 aliphatic rings. The van der Waals surface area contributed by atoms with Gasteiger partial charge in [-0.2, -0.15) is 0 Å². The number of hydrogen-bond acceptors (Lipinski definition) is 3. The maximum atomic E-state index is 12.8. The van der Waals surface area contributed by atoms with Crippen LogP contribution in [0, 0.1) is 0 Å². The molecule has 0 bridgehead atoms. The predicted octanol–water partition coefficient (Wildman–Crippen LogP) is 2.75. The van der Waals surface area contributed by atoms with Crippen LogP contribution in [0.1, 0.15) is 55.0 Å². The van der Waals surface area contributed by atoms with Gasteiger partial charge in [0, 0.05) is 10.9 Å². The van der Waals surface area contributed by atoms with E-state index in [1.165, 1.54) is 21.4 Å². The summed E-state index contributed by atoms with van der Waals surface area (Å²) in [7, 11) is 0. The van der Waals surface area contributed by atoms with Crippen molar-refractivity contribution in [2.75, 3.05) is 0 Å². The van der Waals surface area contributed by atoms with Crippen LogP contribution in [0.4, 0.5) is 0 Å². The minimum atomic E-state index is -0.214. The predicted molar refractivity (Wildman–Crippen MR) is 80.9 cm³/mol. The van der Waals surface area contributed by atoms with E-state index in [9.17, 15) is 9.59 Å². The SMILES string of the molecule is O=c1[nH]c2sc3c(c2c(=O)n1C1CCCCC1)CCC3. The van der Waals surface area contributed by atoms with E-state index >= 15 is 0 Å². The molecule has 0 unspecified atom stereocenters. The summed E-state index contributed by atoms with van der Waals surface area (Å²) in [5, 5.41) is 0.799. The van der Waals surface area contributed by atoms with Gasteiger partial charge in [0.05, 0.1) is 5.39 Å². The Labute approximate surface area is 120 Å². The Balaban J connectivity index is 1.97. The van der Waals surface area contributed by atoms with E-state index in [2.05, 4.69) is 4.98 Å². The minimum Gasteiger partial charge on any atom is -0.298 e. The van der Waals surface area contributed by atoms with E-state index in [1.54, 1.807) is 11.3 Å². The lowest BCUT2D eigenvalue weighted by molar-refractivity contribution is 0.338. The van der Waals surface area contributed by atoms with Crippen molar-refractivity contribution in [1.29, 1.82) is 0 Å². The summed E-state index contributed by atoms with van der Waals surface area (Å²) >= 11 is 1.60. The van der Waals surface area contributed by atoms with E-state index in [0.717, 1.165) is 55.2 Å². The molecule has 1 saturated carbocycles. The molecule has 2 aromatic heterocycles. The van der Waals surface area contributed by atoms with Gasteiger partial charge in [-0.1, -0.05) is 19.3 Å². The quantitative estimate of drug-likeness (QED) is 0.878. The molecule has 2 aliphatic carbocycles. The van der Waals surface area contributed by atoms with Gasteiger partial charge in [0.25, 0.3) is 5.56 Å². The molecule has 0 aliphatic heterocycles. The second-order valence-corrected chi connectivity index (χ2v) is 7.06. The molecule has 4 rings (SSSR count). The summed E-state index contributed by atoms with van der Waals surface area (Å²) in [6.45, 7) is 0. The first-order chi connectivity index (χ1) is 9.75. The topological polar surface area (TPSA) is 54.9 Å². The maximum Gasteiger partial charge on any atom is 0.329 e. The summed E-state index contributed by atoms with van der Waals surface area (Å²) in [6, 6.07) is 0.0985. The van der Waals surface area contributed by atoms with Crippen molar-refractivity contribution >= 4 is 21.6 Å². The Kier molecular flexibility index (Phi) is 2.84. The van der Waals surface area contributed by atoms with Gasteiger partial charge in [-0.05, 0) is 37.7 Å². The first kappa shape index (κ1) is 12.4. The molecule has 0 aromatic carbocycles. The highest BCUT2D eigenvalue weighted by Gasteiger charge is 2.25. The first-order valence-corrected chi connectivity index (χ1v) is 8.36. The molecular weight excluding hydrogens is 272 g/mol. The molecule has 0 amide bonds. The molecule has 0 spiro atoms. The number of fused-ring (bicyclic) bond motifs is 3. The lowest BCUT2D eigenvalue weighted by Crippen LogP contribution is -2.38. The van der Waals surface area contributed by atoms with Crippen LogP contribution in [0.5, 0.6) is 0 Å². The van der Waals surface area contributed by atoms with Crippen molar-refractivity contribution in [2.45, 2.75) is 57.4 Å². The normalized spacial score (nSPS) is 19.6. The number of rotatable bonds is 1. The highest BCUT2D eigenvalue weighted by molar-refractivity contribution is 7.18. The van der Waals surface area contributed by atoms with Crippen LogP contribution >= 0.6 is 11.3 Å². The summed E-state index contributed by atoms with van der Waals surface area (Å²) in [4.78, 5) is 30.2. The van der Waals surface area contributed by atoms with E-state index in [-0.39, 0.29) is 17.3 Å². The zero-order valence-corrected chi connectivity index (χ0v) is 12.2. The zero-order chi connectivity index (χ0) is 13.7. The monoisotopic (exact) mass is 290 g/mol. The lowest BCUT2D eigenvalue weighted by Gasteiger charge is -2.22. The molecule has 0 saturated heterocycles. The van der Waals surface area contributed by atoms with Crippen molar-refractivity contribution in [3.63, 3.8) is 0 Å². The summed E-state index contributed by atoms with van der Waals surface area (Å²) in [5.41, 5.74) is 0.945. The van der Waals surface area contributed by atoms with Crippen LogP contribution in [0.2, 0.25) is 0 Å². The molecule has 2 aromatic rings. The van der Waals surface area contributed by atoms with Crippen molar-refractivity contribution in [3.05, 3.63) is 31.3 Å². The van der Waals surface area contributed by atoms with Gasteiger partial charge in [0.1, 0.15) is 4.83 Å². The molecule has 106 valence electrons. The van der Waals surface area contributed by atoms with Crippen LogP contribution < -0.4 is 11.2 Å². The van der Waals surface area contributed by atoms with E-state index in [4.69, 9.17) is 0 Å². The smallest absolute Gasteiger partial charge is 0.298 e. The van der Waals surface area contributed by atoms with Crippen molar-refractivity contribution in [3.8, 4) is 0 Å². The third kappa shape index (κ3) is 1.72. The van der Waals surface area contributed by atoms with Gasteiger partial charge in [0.2, 0.25) is 0 Å². The van der Waals surface area contributed by atoms with Crippen molar-refractivity contribution in [1.82, 2.24) is 9.55 Å². The minimum absolute atomic E-state index is 0.0462. The molecule has 2 heterocycles. The van der Waals surface area contributed by atoms with Gasteiger partial charge >= 0.3 is 5.69 Å². The standard InChI is InChI=1S/C15H18N2O2S/c18-14-12-10-7-4-8-11(10)20-13(12)16-15(19)17(14)9-5-2-1-3-6-9/h9H,1-8H2,(H,16,19). The van der Waals surface area contributed by atoms with Crippen LogP contribution in [-0.4, -0.2) is 9.55 Å². The van der Waals surface area contributed by atoms with Crippen molar-refractivity contribution in [2.24, 2.45) is 0 Å². The molecule has 20 heavy (non-hydrogen) atoms. The third-order valence-electron chi connectivity index (χ3n) is 4.73. The summed E-state index contributed by atoms with van der Waals surface area (Å²) in [5.74, 6) is 0. The number of aromatic nitrogens is 2. The van der Waals surface area contributed by atoms with E-state index < -0.39 is 0 Å². The lowest BCUT2D eigenvalue weighted by atomic mass is 9.95. The fraction of sp³-hybridized carbons (Fsp3) is 0.600. The molecule has 4 nitrogen and oxygen atoms in total. The average molecular weight is 290 g/mol. The number of nitrogens with one attached hydrogen (secondary N) is 1. The largest absolute Gasteiger partial charge is 0.329 e. The number of hydrogen-bond donors (Lipinski definition) is 1. The van der Waals surface area contributed by atoms with Gasteiger partial charge in [-0.15, -0.1) is 11.3 Å². The molecule has 5 heteroatoms. The van der Waals surface area contributed by atoms with E-state index in [1.807, 2.05) is 0 Å². The second-order valence-electron chi connectivity index (χ2n) is 5.96. The zero-order valence-electron chi connectivity index (χ0n) is 11.4. The number of nitrogens with zero attached hydrogens (tertiary/aromatic N) is 1. The van der Waals surface area contributed by atoms with E-state index in [0.29, 0.717) is 0 Å². The molecule has 0 radical (unpaired) electrons. The summed E-state index contributed by atoms with van der Waals surface area (Å²) in [6.07, 6.45) is 8.56. The van der Waals surface area contributed by atoms with Gasteiger partial charge in [-0.25, -0.2) is 4.79 Å². The third-order valence-corrected chi connectivity index (χ3v) is 5.94. The molecule has 0 atom stereocenters. The fourth-order valence-corrected chi connectivity index (χ4v) is 5.03. The van der Waals surface area contributed by atoms with Crippen LogP contribution in [0.15, 0.2) is 9.59 Å². The first-order valence-electron chi connectivity index (χ1n) is 7.55. The van der Waals surface area contributed by atoms with Gasteiger partial charge in [-0.3, -0.25) is 14.3 Å². The second kappa shape index (κ2) is 4.58.